The summed E-state index contributed by atoms with van der Waals surface area (Å²) in [5, 5.41) is 0. The number of carbonyl (C=O) groups excluding carboxylic acids is 3. The number of esters is 3. The highest BCUT2D eigenvalue weighted by molar-refractivity contribution is 5.71. The standard InChI is InChI=1S/C64H112O6/c1-4-7-10-13-16-19-22-25-27-29-31-33-34-36-39-42-45-48-51-54-57-63(66)69-60-61(59-68-62(65)56-53-50-47-44-41-38-24-21-18-15-12-9-6-3)70-64(67)58-55-52-49-46-43-40-37-35-32-30-28-26-23-20-17-14-11-8-5-2/h8,11,17,20-21,24,26,28,32,35,40,43,61H,4-7,9-10,12-16,18-19,22-23,25,27,29-31,33-34,36-39,41-42,44-60H2,1-3H3/b11-8-,20-17-,24-21-,28-26-,35-32-,43-40-. The molecule has 70 heavy (non-hydrogen) atoms. The van der Waals surface area contributed by atoms with E-state index in [1.165, 1.54) is 154 Å². The largest absolute Gasteiger partial charge is 0.462 e. The molecule has 0 saturated heterocycles. The summed E-state index contributed by atoms with van der Waals surface area (Å²) in [4.78, 5) is 38.2. The molecule has 0 aliphatic carbocycles. The molecule has 0 aliphatic heterocycles. The molecule has 0 saturated carbocycles. The number of hydrogen-bond acceptors (Lipinski definition) is 6. The predicted molar refractivity (Wildman–Crippen MR) is 302 cm³/mol. The van der Waals surface area contributed by atoms with Crippen LogP contribution in [-0.2, 0) is 28.6 Å². The van der Waals surface area contributed by atoms with Crippen LogP contribution in [0.1, 0.15) is 297 Å². The third-order valence-electron chi connectivity index (χ3n) is 12.9. The van der Waals surface area contributed by atoms with Gasteiger partial charge in [0.1, 0.15) is 13.2 Å². The van der Waals surface area contributed by atoms with E-state index in [1.54, 1.807) is 0 Å². The van der Waals surface area contributed by atoms with Crippen molar-refractivity contribution in [2.45, 2.75) is 303 Å². The molecular formula is C64H112O6. The van der Waals surface area contributed by atoms with Crippen LogP contribution in [-0.4, -0.2) is 37.2 Å². The van der Waals surface area contributed by atoms with Gasteiger partial charge < -0.3 is 14.2 Å². The Morgan fingerprint density at radius 3 is 0.914 bits per heavy atom. The minimum Gasteiger partial charge on any atom is -0.462 e. The van der Waals surface area contributed by atoms with Gasteiger partial charge in [-0.2, -0.15) is 0 Å². The number of allylic oxidation sites excluding steroid dienone is 12. The Balaban J connectivity index is 4.39. The lowest BCUT2D eigenvalue weighted by Gasteiger charge is -2.18. The van der Waals surface area contributed by atoms with Gasteiger partial charge in [0.2, 0.25) is 0 Å². The molecule has 0 radical (unpaired) electrons. The lowest BCUT2D eigenvalue weighted by Crippen LogP contribution is -2.30. The molecule has 0 aromatic rings. The van der Waals surface area contributed by atoms with E-state index in [4.69, 9.17) is 14.2 Å². The van der Waals surface area contributed by atoms with Crippen molar-refractivity contribution in [1.29, 1.82) is 0 Å². The fourth-order valence-corrected chi connectivity index (χ4v) is 8.47. The van der Waals surface area contributed by atoms with Gasteiger partial charge in [-0.25, -0.2) is 0 Å². The van der Waals surface area contributed by atoms with Gasteiger partial charge in [-0.15, -0.1) is 0 Å². The first-order valence-electron chi connectivity index (χ1n) is 29.9. The maximum atomic E-state index is 12.9. The Hall–Kier alpha value is -3.15. The molecule has 404 valence electrons. The van der Waals surface area contributed by atoms with Gasteiger partial charge in [-0.05, 0) is 89.9 Å². The van der Waals surface area contributed by atoms with Gasteiger partial charge in [0.05, 0.1) is 0 Å². The first-order chi connectivity index (χ1) is 34.5. The molecule has 0 fully saturated rings. The van der Waals surface area contributed by atoms with Crippen molar-refractivity contribution >= 4 is 17.9 Å². The van der Waals surface area contributed by atoms with Crippen LogP contribution in [0.4, 0.5) is 0 Å². The van der Waals surface area contributed by atoms with Crippen LogP contribution < -0.4 is 0 Å². The van der Waals surface area contributed by atoms with Gasteiger partial charge in [0.15, 0.2) is 6.10 Å². The summed E-state index contributed by atoms with van der Waals surface area (Å²) in [6.45, 7) is 6.51. The maximum Gasteiger partial charge on any atom is 0.306 e. The van der Waals surface area contributed by atoms with Crippen LogP contribution in [0, 0.1) is 0 Å². The van der Waals surface area contributed by atoms with Crippen molar-refractivity contribution in [3.63, 3.8) is 0 Å². The van der Waals surface area contributed by atoms with E-state index in [9.17, 15) is 14.4 Å². The molecule has 1 unspecified atom stereocenters. The molecule has 0 N–H and O–H groups in total. The molecule has 0 spiro atoms. The number of unbranched alkanes of at least 4 members (excludes halogenated alkanes) is 31. The third-order valence-corrected chi connectivity index (χ3v) is 12.9. The highest BCUT2D eigenvalue weighted by Gasteiger charge is 2.19. The molecule has 0 aliphatic rings. The highest BCUT2D eigenvalue weighted by atomic mass is 16.6. The van der Waals surface area contributed by atoms with E-state index in [-0.39, 0.29) is 37.5 Å². The van der Waals surface area contributed by atoms with Gasteiger partial charge in [0.25, 0.3) is 0 Å². The molecular weight excluding hydrogens is 865 g/mol. The lowest BCUT2D eigenvalue weighted by molar-refractivity contribution is -0.167. The minimum atomic E-state index is -0.795. The number of carbonyl (C=O) groups is 3. The molecule has 6 heteroatoms. The van der Waals surface area contributed by atoms with Gasteiger partial charge >= 0.3 is 17.9 Å². The summed E-state index contributed by atoms with van der Waals surface area (Å²) < 4.78 is 16.9. The monoisotopic (exact) mass is 977 g/mol. The molecule has 1 atom stereocenters. The molecule has 0 amide bonds. The quantitative estimate of drug-likeness (QED) is 0.0261. The zero-order chi connectivity index (χ0) is 50.7. The number of hydrogen-bond donors (Lipinski definition) is 0. The summed E-state index contributed by atoms with van der Waals surface area (Å²) >= 11 is 0. The maximum absolute atomic E-state index is 12.9. The first-order valence-corrected chi connectivity index (χ1v) is 29.9. The van der Waals surface area contributed by atoms with E-state index < -0.39 is 6.10 Å². The van der Waals surface area contributed by atoms with Crippen molar-refractivity contribution in [3.8, 4) is 0 Å². The average Bonchev–Trinajstić information content (AvgIpc) is 3.36. The smallest absolute Gasteiger partial charge is 0.306 e. The van der Waals surface area contributed by atoms with E-state index in [0.717, 1.165) is 103 Å². The zero-order valence-electron chi connectivity index (χ0n) is 46.3. The van der Waals surface area contributed by atoms with Crippen molar-refractivity contribution in [2.75, 3.05) is 13.2 Å². The Bertz CT molecular complexity index is 1310. The second kappa shape index (κ2) is 58.4. The Morgan fingerprint density at radius 1 is 0.300 bits per heavy atom. The molecule has 0 aromatic carbocycles. The number of rotatable bonds is 54. The van der Waals surface area contributed by atoms with Gasteiger partial charge in [0, 0.05) is 19.3 Å². The molecule has 0 rings (SSSR count). The first kappa shape index (κ1) is 66.9. The van der Waals surface area contributed by atoms with Crippen molar-refractivity contribution in [3.05, 3.63) is 72.9 Å². The van der Waals surface area contributed by atoms with Crippen LogP contribution in [0.15, 0.2) is 72.9 Å². The lowest BCUT2D eigenvalue weighted by atomic mass is 10.0. The molecule has 0 aromatic heterocycles. The fraction of sp³-hybridized carbons (Fsp3) is 0.766. The van der Waals surface area contributed by atoms with Crippen LogP contribution in [0.2, 0.25) is 0 Å². The van der Waals surface area contributed by atoms with Crippen LogP contribution in [0.3, 0.4) is 0 Å². The van der Waals surface area contributed by atoms with Crippen molar-refractivity contribution in [2.24, 2.45) is 0 Å². The Morgan fingerprint density at radius 2 is 0.557 bits per heavy atom. The van der Waals surface area contributed by atoms with Crippen LogP contribution in [0.25, 0.3) is 0 Å². The Kier molecular flexibility index (Phi) is 55.8. The highest BCUT2D eigenvalue weighted by Crippen LogP contribution is 2.16. The van der Waals surface area contributed by atoms with E-state index in [0.29, 0.717) is 12.8 Å². The summed E-state index contributed by atoms with van der Waals surface area (Å²) in [5.74, 6) is -0.919. The SMILES string of the molecule is CC/C=C\C/C=C\C/C=C\C/C=C\C/C=C\CCCCCC(=O)OC(COC(=O)CCCCCCC/C=C\CCCCCC)COC(=O)CCCCCCCCCCCCCCCCCCCCCC. The van der Waals surface area contributed by atoms with E-state index >= 15 is 0 Å². The summed E-state index contributed by atoms with van der Waals surface area (Å²) in [6, 6.07) is 0. The van der Waals surface area contributed by atoms with Crippen molar-refractivity contribution in [1.82, 2.24) is 0 Å². The van der Waals surface area contributed by atoms with Crippen LogP contribution >= 0.6 is 0 Å². The minimum absolute atomic E-state index is 0.0890. The average molecular weight is 978 g/mol. The third kappa shape index (κ3) is 55.8. The van der Waals surface area contributed by atoms with Gasteiger partial charge in [-0.1, -0.05) is 261 Å². The zero-order valence-corrected chi connectivity index (χ0v) is 46.3. The normalized spacial score (nSPS) is 12.6. The van der Waals surface area contributed by atoms with E-state index in [1.807, 2.05) is 0 Å². The van der Waals surface area contributed by atoms with E-state index in [2.05, 4.69) is 93.7 Å². The van der Waals surface area contributed by atoms with Gasteiger partial charge in [-0.3, -0.25) is 14.4 Å². The Labute approximate surface area is 433 Å². The fourth-order valence-electron chi connectivity index (χ4n) is 8.47. The molecule has 0 bridgehead atoms. The predicted octanol–water partition coefficient (Wildman–Crippen LogP) is 20.2. The molecule has 6 nitrogen and oxygen atoms in total. The summed E-state index contributed by atoms with van der Waals surface area (Å²) in [5.41, 5.74) is 0. The summed E-state index contributed by atoms with van der Waals surface area (Å²) in [6.07, 6.45) is 74.7. The van der Waals surface area contributed by atoms with Crippen LogP contribution in [0.5, 0.6) is 0 Å². The summed E-state index contributed by atoms with van der Waals surface area (Å²) in [7, 11) is 0. The second-order valence-corrected chi connectivity index (χ2v) is 19.9. The number of ether oxygens (including phenoxy) is 3. The second-order valence-electron chi connectivity index (χ2n) is 19.9. The topological polar surface area (TPSA) is 78.9 Å². The van der Waals surface area contributed by atoms with Crippen molar-refractivity contribution < 1.29 is 28.6 Å². The molecule has 0 heterocycles.